The summed E-state index contributed by atoms with van der Waals surface area (Å²) in [5, 5.41) is 3.54. The average Bonchev–Trinajstić information content (AvgIpc) is 2.21. The minimum atomic E-state index is 0.425. The Balaban J connectivity index is 3.23. The lowest BCUT2D eigenvalue weighted by Gasteiger charge is -2.23. The van der Waals surface area contributed by atoms with E-state index in [0.29, 0.717) is 5.41 Å². The van der Waals surface area contributed by atoms with Crippen molar-refractivity contribution in [2.45, 2.75) is 66.2 Å². The highest BCUT2D eigenvalue weighted by Crippen LogP contribution is 2.25. The highest BCUT2D eigenvalue weighted by molar-refractivity contribution is 4.69. The molecular formula is C15H34N2. The lowest BCUT2D eigenvalue weighted by Crippen LogP contribution is -2.21. The third-order valence-corrected chi connectivity index (χ3v) is 3.41. The third-order valence-electron chi connectivity index (χ3n) is 3.41. The largest absolute Gasteiger partial charge is 0.330 e. The van der Waals surface area contributed by atoms with Gasteiger partial charge in [-0.3, -0.25) is 0 Å². The molecule has 3 N–H and O–H groups in total. The molecule has 0 aliphatic carbocycles. The van der Waals surface area contributed by atoms with E-state index >= 15 is 0 Å². The maximum Gasteiger partial charge on any atom is -0.00487 e. The van der Waals surface area contributed by atoms with E-state index in [0.717, 1.165) is 25.4 Å². The van der Waals surface area contributed by atoms with Gasteiger partial charge in [0.05, 0.1) is 0 Å². The lowest BCUT2D eigenvalue weighted by molar-refractivity contribution is 0.302. The van der Waals surface area contributed by atoms with Gasteiger partial charge in [-0.2, -0.15) is 0 Å². The van der Waals surface area contributed by atoms with Crippen LogP contribution in [0.25, 0.3) is 0 Å². The molecule has 0 heterocycles. The first-order valence-electron chi connectivity index (χ1n) is 7.39. The van der Waals surface area contributed by atoms with Crippen LogP contribution < -0.4 is 11.1 Å². The molecule has 0 saturated carbocycles. The van der Waals surface area contributed by atoms with Gasteiger partial charge in [0.1, 0.15) is 0 Å². The van der Waals surface area contributed by atoms with Crippen molar-refractivity contribution in [2.75, 3.05) is 19.6 Å². The minimum Gasteiger partial charge on any atom is -0.330 e. The second kappa shape index (κ2) is 9.90. The third kappa shape index (κ3) is 12.2. The average molecular weight is 242 g/mol. The fourth-order valence-electron chi connectivity index (χ4n) is 2.14. The van der Waals surface area contributed by atoms with Gasteiger partial charge in [-0.25, -0.2) is 0 Å². The van der Waals surface area contributed by atoms with Gasteiger partial charge in [-0.15, -0.1) is 0 Å². The van der Waals surface area contributed by atoms with Crippen molar-refractivity contribution in [2.24, 2.45) is 17.1 Å². The molecule has 0 atom stereocenters. The standard InChI is InChI=1S/C15H34N2/c1-14(2)8-5-6-12-17-13-7-9-15(3,4)10-11-16/h14,17H,5-13,16H2,1-4H3. The van der Waals surface area contributed by atoms with Gasteiger partial charge in [-0.1, -0.05) is 40.5 Å². The molecule has 0 aromatic heterocycles. The van der Waals surface area contributed by atoms with Crippen molar-refractivity contribution >= 4 is 0 Å². The van der Waals surface area contributed by atoms with E-state index in [1.807, 2.05) is 0 Å². The van der Waals surface area contributed by atoms with Crippen LogP contribution in [0.2, 0.25) is 0 Å². The molecule has 0 aromatic carbocycles. The van der Waals surface area contributed by atoms with Gasteiger partial charge >= 0.3 is 0 Å². The van der Waals surface area contributed by atoms with Crippen LogP contribution in [0, 0.1) is 11.3 Å². The van der Waals surface area contributed by atoms with E-state index in [1.165, 1.54) is 38.6 Å². The smallest absolute Gasteiger partial charge is 0.00487 e. The number of nitrogens with one attached hydrogen (secondary N) is 1. The summed E-state index contributed by atoms with van der Waals surface area (Å²) in [6.07, 6.45) is 7.75. The Bertz CT molecular complexity index is 164. The maximum absolute atomic E-state index is 5.61. The molecule has 0 fully saturated rings. The summed E-state index contributed by atoms with van der Waals surface area (Å²) in [6.45, 7) is 12.4. The summed E-state index contributed by atoms with van der Waals surface area (Å²) >= 11 is 0. The molecule has 0 rings (SSSR count). The molecule has 0 aliphatic rings. The Morgan fingerprint density at radius 3 is 2.24 bits per heavy atom. The number of nitrogens with two attached hydrogens (primary N) is 1. The zero-order valence-electron chi connectivity index (χ0n) is 12.5. The van der Waals surface area contributed by atoms with Crippen LogP contribution in [0.4, 0.5) is 0 Å². The van der Waals surface area contributed by atoms with Crippen molar-refractivity contribution < 1.29 is 0 Å². The normalized spacial score (nSPS) is 12.4. The molecular weight excluding hydrogens is 208 g/mol. The van der Waals surface area contributed by atoms with Crippen LogP contribution in [-0.2, 0) is 0 Å². The predicted molar refractivity (Wildman–Crippen MR) is 78.2 cm³/mol. The number of hydrogen-bond donors (Lipinski definition) is 2. The van der Waals surface area contributed by atoms with Gasteiger partial charge in [0.25, 0.3) is 0 Å². The second-order valence-electron chi connectivity index (χ2n) is 6.45. The van der Waals surface area contributed by atoms with Crippen LogP contribution in [0.15, 0.2) is 0 Å². The number of unbranched alkanes of at least 4 members (excludes halogenated alkanes) is 1. The summed E-state index contributed by atoms with van der Waals surface area (Å²) in [5.74, 6) is 0.854. The molecule has 17 heavy (non-hydrogen) atoms. The Labute approximate surface area is 109 Å². The monoisotopic (exact) mass is 242 g/mol. The van der Waals surface area contributed by atoms with E-state index in [4.69, 9.17) is 5.73 Å². The molecule has 0 aromatic rings. The fourth-order valence-corrected chi connectivity index (χ4v) is 2.14. The first-order valence-corrected chi connectivity index (χ1v) is 7.39. The van der Waals surface area contributed by atoms with Gasteiger partial charge in [-0.05, 0) is 56.7 Å². The summed E-state index contributed by atoms with van der Waals surface area (Å²) in [6, 6.07) is 0. The van der Waals surface area contributed by atoms with Crippen LogP contribution in [0.5, 0.6) is 0 Å². The maximum atomic E-state index is 5.61. The summed E-state index contributed by atoms with van der Waals surface area (Å²) < 4.78 is 0. The molecule has 0 aliphatic heterocycles. The van der Waals surface area contributed by atoms with Crippen LogP contribution in [0.3, 0.4) is 0 Å². The van der Waals surface area contributed by atoms with Crippen LogP contribution in [0.1, 0.15) is 66.2 Å². The molecule has 0 radical (unpaired) electrons. The van der Waals surface area contributed by atoms with E-state index in [-0.39, 0.29) is 0 Å². The molecule has 0 saturated heterocycles. The second-order valence-corrected chi connectivity index (χ2v) is 6.45. The molecule has 2 nitrogen and oxygen atoms in total. The van der Waals surface area contributed by atoms with Crippen molar-refractivity contribution in [1.82, 2.24) is 5.32 Å². The van der Waals surface area contributed by atoms with Gasteiger partial charge < -0.3 is 11.1 Å². The molecule has 2 heteroatoms. The molecule has 0 unspecified atom stereocenters. The minimum absolute atomic E-state index is 0.425. The molecule has 0 amide bonds. The first-order chi connectivity index (χ1) is 7.98. The summed E-state index contributed by atoms with van der Waals surface area (Å²) in [5.41, 5.74) is 6.03. The SMILES string of the molecule is CC(C)CCCCNCCCC(C)(C)CCN. The van der Waals surface area contributed by atoms with Crippen molar-refractivity contribution in [3.63, 3.8) is 0 Å². The highest BCUT2D eigenvalue weighted by Gasteiger charge is 2.15. The van der Waals surface area contributed by atoms with Gasteiger partial charge in [0, 0.05) is 0 Å². The molecule has 0 spiro atoms. The van der Waals surface area contributed by atoms with Gasteiger partial charge in [0.15, 0.2) is 0 Å². The van der Waals surface area contributed by atoms with E-state index in [2.05, 4.69) is 33.0 Å². The predicted octanol–water partition coefficient (Wildman–Crippen LogP) is 3.56. The zero-order valence-corrected chi connectivity index (χ0v) is 12.5. The Kier molecular flexibility index (Phi) is 9.85. The van der Waals surface area contributed by atoms with Crippen LogP contribution in [-0.4, -0.2) is 19.6 Å². The Morgan fingerprint density at radius 2 is 1.65 bits per heavy atom. The summed E-state index contributed by atoms with van der Waals surface area (Å²) in [7, 11) is 0. The molecule has 0 bridgehead atoms. The zero-order chi connectivity index (χ0) is 13.1. The highest BCUT2D eigenvalue weighted by atomic mass is 14.8. The number of rotatable bonds is 11. The molecule has 104 valence electrons. The fraction of sp³-hybridized carbons (Fsp3) is 1.00. The van der Waals surface area contributed by atoms with E-state index in [1.54, 1.807) is 0 Å². The van der Waals surface area contributed by atoms with Gasteiger partial charge in [0.2, 0.25) is 0 Å². The van der Waals surface area contributed by atoms with Crippen molar-refractivity contribution in [1.29, 1.82) is 0 Å². The van der Waals surface area contributed by atoms with E-state index < -0.39 is 0 Å². The number of hydrogen-bond acceptors (Lipinski definition) is 2. The Morgan fingerprint density at radius 1 is 1.00 bits per heavy atom. The topological polar surface area (TPSA) is 38.0 Å². The van der Waals surface area contributed by atoms with Crippen LogP contribution >= 0.6 is 0 Å². The Hall–Kier alpha value is -0.0800. The van der Waals surface area contributed by atoms with Crippen molar-refractivity contribution in [3.05, 3.63) is 0 Å². The van der Waals surface area contributed by atoms with Crippen molar-refractivity contribution in [3.8, 4) is 0 Å². The quantitative estimate of drug-likeness (QED) is 0.544. The lowest BCUT2D eigenvalue weighted by atomic mass is 9.84. The first kappa shape index (κ1) is 16.9. The summed E-state index contributed by atoms with van der Waals surface area (Å²) in [4.78, 5) is 0. The van der Waals surface area contributed by atoms with E-state index in [9.17, 15) is 0 Å².